The van der Waals surface area contributed by atoms with Gasteiger partial charge in [0.05, 0.1) is 5.52 Å². The molecule has 2 N–H and O–H groups in total. The van der Waals surface area contributed by atoms with E-state index in [9.17, 15) is 0 Å². The van der Waals surface area contributed by atoms with Gasteiger partial charge in [-0.1, -0.05) is 5.10 Å². The molecular formula is C25H20N8O2. The van der Waals surface area contributed by atoms with E-state index in [4.69, 9.17) is 9.15 Å². The topological polar surface area (TPSA) is 115 Å². The third-order valence-corrected chi connectivity index (χ3v) is 5.45. The number of aryl methyl sites for hydroxylation is 2. The molecule has 0 aliphatic carbocycles. The summed E-state index contributed by atoms with van der Waals surface area (Å²) >= 11 is 0. The third-order valence-electron chi connectivity index (χ3n) is 5.45. The lowest BCUT2D eigenvalue weighted by molar-refractivity contribution is 0.478. The maximum Gasteiger partial charge on any atom is 0.320 e. The first-order valence-corrected chi connectivity index (χ1v) is 10.9. The summed E-state index contributed by atoms with van der Waals surface area (Å²) in [4.78, 5) is 13.1. The van der Waals surface area contributed by atoms with Crippen LogP contribution in [0.5, 0.6) is 11.5 Å². The third kappa shape index (κ3) is 4.20. The molecule has 4 heterocycles. The molecule has 0 aliphatic heterocycles. The lowest BCUT2D eigenvalue weighted by atomic mass is 10.1. The predicted molar refractivity (Wildman–Crippen MR) is 132 cm³/mol. The summed E-state index contributed by atoms with van der Waals surface area (Å²) in [6, 6.07) is 15.8. The fourth-order valence-corrected chi connectivity index (χ4v) is 3.76. The van der Waals surface area contributed by atoms with E-state index in [1.807, 2.05) is 72.2 Å². The van der Waals surface area contributed by atoms with Gasteiger partial charge < -0.3 is 24.2 Å². The van der Waals surface area contributed by atoms with E-state index in [-0.39, 0.29) is 0 Å². The number of aromatic nitrogens is 6. The molecule has 6 aromatic rings. The Balaban J connectivity index is 1.25. The second kappa shape index (κ2) is 8.41. The molecule has 10 heteroatoms. The summed E-state index contributed by atoms with van der Waals surface area (Å²) < 4.78 is 13.4. The van der Waals surface area contributed by atoms with Gasteiger partial charge in [0.25, 0.3) is 0 Å². The Kier molecular flexibility index (Phi) is 4.95. The average Bonchev–Trinajstić information content (AvgIpc) is 3.49. The predicted octanol–water partition coefficient (Wildman–Crippen LogP) is 5.56. The second-order valence-corrected chi connectivity index (χ2v) is 7.97. The summed E-state index contributed by atoms with van der Waals surface area (Å²) in [5, 5.41) is 15.2. The molecule has 6 rings (SSSR count). The molecule has 0 amide bonds. The molecule has 0 bridgehead atoms. The number of benzene rings is 2. The van der Waals surface area contributed by atoms with Gasteiger partial charge in [0.15, 0.2) is 0 Å². The standard InChI is InChI=1S/C25H20N8O2/c1-15-11-17(4-6-22(15)35-19-7-9-33-10-8-26-23(33)13-19)29-24-20-12-18(3-5-21(20)27-14-28-24)30-25-32-31-16(2)34-25/h3-14H,1-2H3,(H,30,32)(H,27,28,29). The highest BCUT2D eigenvalue weighted by Gasteiger charge is 2.10. The number of fused-ring (bicyclic) bond motifs is 2. The number of hydrogen-bond donors (Lipinski definition) is 2. The minimum absolute atomic E-state index is 0.325. The summed E-state index contributed by atoms with van der Waals surface area (Å²) in [7, 11) is 0. The second-order valence-electron chi connectivity index (χ2n) is 7.97. The van der Waals surface area contributed by atoms with Crippen molar-refractivity contribution in [3.05, 3.63) is 84.9 Å². The molecule has 0 aliphatic rings. The molecule has 172 valence electrons. The number of hydrogen-bond acceptors (Lipinski definition) is 9. The van der Waals surface area contributed by atoms with Crippen molar-refractivity contribution in [2.24, 2.45) is 0 Å². The van der Waals surface area contributed by atoms with Gasteiger partial charge >= 0.3 is 6.01 Å². The number of imidazole rings is 1. The highest BCUT2D eigenvalue weighted by atomic mass is 16.5. The zero-order chi connectivity index (χ0) is 23.8. The van der Waals surface area contributed by atoms with Crippen LogP contribution in [-0.4, -0.2) is 29.5 Å². The van der Waals surface area contributed by atoms with Crippen LogP contribution in [0.2, 0.25) is 0 Å². The first-order chi connectivity index (χ1) is 17.1. The maximum absolute atomic E-state index is 6.10. The Morgan fingerprint density at radius 3 is 2.60 bits per heavy atom. The van der Waals surface area contributed by atoms with Crippen molar-refractivity contribution < 1.29 is 9.15 Å². The molecule has 10 nitrogen and oxygen atoms in total. The monoisotopic (exact) mass is 464 g/mol. The van der Waals surface area contributed by atoms with Crippen LogP contribution in [0.15, 0.2) is 77.9 Å². The number of nitrogens with one attached hydrogen (secondary N) is 2. The van der Waals surface area contributed by atoms with Gasteiger partial charge in [-0.2, -0.15) is 0 Å². The van der Waals surface area contributed by atoms with Crippen LogP contribution in [0, 0.1) is 13.8 Å². The number of ether oxygens (including phenoxy) is 1. The molecule has 0 saturated heterocycles. The molecule has 35 heavy (non-hydrogen) atoms. The molecule has 2 aromatic carbocycles. The molecule has 0 saturated carbocycles. The highest BCUT2D eigenvalue weighted by Crippen LogP contribution is 2.31. The van der Waals surface area contributed by atoms with Crippen molar-refractivity contribution in [1.82, 2.24) is 29.5 Å². The quantitative estimate of drug-likeness (QED) is 0.327. The summed E-state index contributed by atoms with van der Waals surface area (Å²) in [5.41, 5.74) is 4.28. The van der Waals surface area contributed by atoms with Gasteiger partial charge in [-0.3, -0.25) is 0 Å². The van der Waals surface area contributed by atoms with E-state index in [1.54, 1.807) is 13.1 Å². The Hall–Kier alpha value is -4.99. The minimum atomic E-state index is 0.325. The van der Waals surface area contributed by atoms with E-state index in [0.717, 1.165) is 45.0 Å². The number of nitrogens with zero attached hydrogens (tertiary/aromatic N) is 6. The van der Waals surface area contributed by atoms with Crippen LogP contribution in [0.4, 0.5) is 23.2 Å². The van der Waals surface area contributed by atoms with E-state index in [2.05, 4.69) is 35.8 Å². The molecule has 0 spiro atoms. The van der Waals surface area contributed by atoms with Crippen molar-refractivity contribution in [1.29, 1.82) is 0 Å². The molecule has 0 atom stereocenters. The summed E-state index contributed by atoms with van der Waals surface area (Å²) in [5.74, 6) is 2.66. The van der Waals surface area contributed by atoms with E-state index >= 15 is 0 Å². The summed E-state index contributed by atoms with van der Waals surface area (Å²) in [6.07, 6.45) is 7.11. The smallest absolute Gasteiger partial charge is 0.320 e. The van der Waals surface area contributed by atoms with Crippen LogP contribution >= 0.6 is 0 Å². The van der Waals surface area contributed by atoms with E-state index in [0.29, 0.717) is 17.7 Å². The van der Waals surface area contributed by atoms with Crippen molar-refractivity contribution in [2.75, 3.05) is 10.6 Å². The Morgan fingerprint density at radius 1 is 0.857 bits per heavy atom. The number of anilines is 4. The fourth-order valence-electron chi connectivity index (χ4n) is 3.76. The van der Waals surface area contributed by atoms with Gasteiger partial charge in [-0.15, -0.1) is 5.10 Å². The normalized spacial score (nSPS) is 11.1. The molecule has 4 aromatic heterocycles. The first-order valence-electron chi connectivity index (χ1n) is 10.9. The van der Waals surface area contributed by atoms with Crippen LogP contribution in [0.25, 0.3) is 16.6 Å². The van der Waals surface area contributed by atoms with Gasteiger partial charge in [-0.25, -0.2) is 15.0 Å². The fraction of sp³-hybridized carbons (Fsp3) is 0.0800. The van der Waals surface area contributed by atoms with Gasteiger partial charge in [-0.05, 0) is 55.0 Å². The molecule has 0 radical (unpaired) electrons. The molecule has 0 fully saturated rings. The van der Waals surface area contributed by atoms with Crippen molar-refractivity contribution in [3.63, 3.8) is 0 Å². The van der Waals surface area contributed by atoms with E-state index in [1.165, 1.54) is 6.33 Å². The Labute approximate surface area is 199 Å². The lowest BCUT2D eigenvalue weighted by Gasteiger charge is -2.13. The number of pyridine rings is 1. The first kappa shape index (κ1) is 20.6. The van der Waals surface area contributed by atoms with Crippen molar-refractivity contribution >= 4 is 39.8 Å². The Bertz CT molecular complexity index is 1670. The van der Waals surface area contributed by atoms with Crippen LogP contribution < -0.4 is 15.4 Å². The average molecular weight is 464 g/mol. The van der Waals surface area contributed by atoms with Gasteiger partial charge in [0.2, 0.25) is 5.89 Å². The van der Waals surface area contributed by atoms with Gasteiger partial charge in [0.1, 0.15) is 29.3 Å². The van der Waals surface area contributed by atoms with Gasteiger partial charge in [0, 0.05) is 48.3 Å². The minimum Gasteiger partial charge on any atom is -0.457 e. The SMILES string of the molecule is Cc1nnc(Nc2ccc3ncnc(Nc4ccc(Oc5ccn6ccnc6c5)c(C)c4)c3c2)o1. The van der Waals surface area contributed by atoms with Crippen molar-refractivity contribution in [3.8, 4) is 11.5 Å². The zero-order valence-corrected chi connectivity index (χ0v) is 18.9. The van der Waals surface area contributed by atoms with Crippen molar-refractivity contribution in [2.45, 2.75) is 13.8 Å². The molecule has 0 unspecified atom stereocenters. The highest BCUT2D eigenvalue weighted by molar-refractivity contribution is 5.93. The Morgan fingerprint density at radius 2 is 1.74 bits per heavy atom. The maximum atomic E-state index is 6.10. The zero-order valence-electron chi connectivity index (χ0n) is 18.9. The lowest BCUT2D eigenvalue weighted by Crippen LogP contribution is -1.98. The van der Waals surface area contributed by atoms with E-state index < -0.39 is 0 Å². The van der Waals surface area contributed by atoms with Crippen LogP contribution in [-0.2, 0) is 0 Å². The molecular weight excluding hydrogens is 444 g/mol. The van der Waals surface area contributed by atoms with Crippen LogP contribution in [0.3, 0.4) is 0 Å². The van der Waals surface area contributed by atoms with Crippen LogP contribution in [0.1, 0.15) is 11.5 Å². The number of rotatable bonds is 6. The summed E-state index contributed by atoms with van der Waals surface area (Å²) in [6.45, 7) is 3.74. The largest absolute Gasteiger partial charge is 0.457 e.